The third-order valence-electron chi connectivity index (χ3n) is 1.55. The minimum absolute atomic E-state index is 0.270. The van der Waals surface area contributed by atoms with E-state index in [-0.39, 0.29) is 6.42 Å². The topological polar surface area (TPSA) is 43.4 Å². The van der Waals surface area contributed by atoms with Crippen LogP contribution in [-0.4, -0.2) is 26.4 Å². The number of rotatable bonds is 7. The van der Waals surface area contributed by atoms with Crippen LogP contribution in [0.1, 0.15) is 25.7 Å². The van der Waals surface area contributed by atoms with Crippen molar-refractivity contribution in [2.24, 2.45) is 0 Å². The first kappa shape index (κ1) is 15.0. The molecule has 0 bridgehead atoms. The molecule has 3 nitrogen and oxygen atoms in total. The molecule has 0 unspecified atom stereocenters. The Labute approximate surface area is 91.7 Å². The van der Waals surface area contributed by atoms with E-state index in [0.29, 0.717) is 12.3 Å². The first-order valence-electron chi connectivity index (χ1n) is 4.33. The van der Waals surface area contributed by atoms with Crippen LogP contribution in [0.5, 0.6) is 0 Å². The van der Waals surface area contributed by atoms with Crippen LogP contribution in [-0.2, 0) is 14.3 Å². The fourth-order valence-electron chi connectivity index (χ4n) is 0.786. The van der Waals surface area contributed by atoms with Gasteiger partial charge in [0.1, 0.15) is 0 Å². The molecule has 0 radical (unpaired) electrons. The van der Waals surface area contributed by atoms with Crippen molar-refractivity contribution in [3.8, 4) is 0 Å². The number of halogens is 4. The van der Waals surface area contributed by atoms with Gasteiger partial charge in [0.15, 0.2) is 0 Å². The van der Waals surface area contributed by atoms with Crippen molar-refractivity contribution < 1.29 is 25.8 Å². The minimum atomic E-state index is -5.42. The van der Waals surface area contributed by atoms with Crippen LogP contribution in [0, 0.1) is 0 Å². The molecule has 0 aromatic heterocycles. The monoisotopic (exact) mass is 268 g/mol. The lowest BCUT2D eigenvalue weighted by atomic mass is 10.2. The van der Waals surface area contributed by atoms with E-state index in [9.17, 15) is 21.6 Å². The predicted molar refractivity (Wildman–Crippen MR) is 50.1 cm³/mol. The number of unbranched alkanes of at least 4 members (excludes halogenated alkanes) is 3. The van der Waals surface area contributed by atoms with Gasteiger partial charge in [0.05, 0.1) is 6.61 Å². The highest BCUT2D eigenvalue weighted by atomic mass is 35.5. The Bertz CT molecular complexity index is 263. The van der Waals surface area contributed by atoms with E-state index in [4.69, 9.17) is 11.6 Å². The van der Waals surface area contributed by atoms with E-state index < -0.39 is 22.2 Å². The summed E-state index contributed by atoms with van der Waals surface area (Å²) in [7, 11) is -5.42. The van der Waals surface area contributed by atoms with Gasteiger partial charge in [-0.2, -0.15) is 21.6 Å². The quantitative estimate of drug-likeness (QED) is 0.309. The van der Waals surface area contributed by atoms with Gasteiger partial charge in [-0.25, -0.2) is 0 Å². The van der Waals surface area contributed by atoms with Crippen molar-refractivity contribution in [3.63, 3.8) is 0 Å². The molecule has 92 valence electrons. The third-order valence-corrected chi connectivity index (χ3v) is 2.86. The Morgan fingerprint density at radius 2 is 1.60 bits per heavy atom. The summed E-state index contributed by atoms with van der Waals surface area (Å²) >= 11 is 5.37. The maximum absolute atomic E-state index is 11.7. The van der Waals surface area contributed by atoms with Crippen LogP contribution in [0.2, 0.25) is 0 Å². The number of alkyl halides is 4. The van der Waals surface area contributed by atoms with Crippen LogP contribution in [0.15, 0.2) is 0 Å². The van der Waals surface area contributed by atoms with Gasteiger partial charge in [-0.05, 0) is 12.8 Å². The number of hydrogen-bond donors (Lipinski definition) is 0. The zero-order chi connectivity index (χ0) is 11.9. The Morgan fingerprint density at radius 3 is 2.07 bits per heavy atom. The maximum Gasteiger partial charge on any atom is 0.523 e. The van der Waals surface area contributed by atoms with E-state index in [2.05, 4.69) is 4.18 Å². The molecule has 0 atom stereocenters. The molecule has 0 fully saturated rings. The fourth-order valence-corrected chi connectivity index (χ4v) is 1.45. The molecule has 0 aliphatic carbocycles. The number of hydrogen-bond acceptors (Lipinski definition) is 3. The molecule has 0 aromatic rings. The van der Waals surface area contributed by atoms with E-state index in [1.54, 1.807) is 0 Å². The van der Waals surface area contributed by atoms with Crippen LogP contribution in [0.3, 0.4) is 0 Å². The van der Waals surface area contributed by atoms with Crippen molar-refractivity contribution in [3.05, 3.63) is 0 Å². The van der Waals surface area contributed by atoms with E-state index in [1.165, 1.54) is 0 Å². The second kappa shape index (κ2) is 6.55. The summed E-state index contributed by atoms with van der Waals surface area (Å²) in [6.07, 6.45) is 2.37. The Balaban J connectivity index is 3.69. The molecule has 8 heteroatoms. The lowest BCUT2D eigenvalue weighted by molar-refractivity contribution is -0.0542. The van der Waals surface area contributed by atoms with Crippen LogP contribution in [0.4, 0.5) is 13.2 Å². The van der Waals surface area contributed by atoms with E-state index >= 15 is 0 Å². The molecule has 0 saturated carbocycles. The molecule has 0 N–H and O–H groups in total. The summed E-state index contributed by atoms with van der Waals surface area (Å²) in [5, 5.41) is 0. The second-order valence-corrected chi connectivity index (χ2v) is 4.81. The van der Waals surface area contributed by atoms with Gasteiger partial charge in [0, 0.05) is 5.88 Å². The average Bonchev–Trinajstić information content (AvgIpc) is 2.09. The predicted octanol–water partition coefficient (Wildman–Crippen LogP) is 2.65. The highest BCUT2D eigenvalue weighted by Crippen LogP contribution is 2.24. The van der Waals surface area contributed by atoms with Gasteiger partial charge in [0.25, 0.3) is 0 Å². The first-order chi connectivity index (χ1) is 6.81. The van der Waals surface area contributed by atoms with Gasteiger partial charge < -0.3 is 0 Å². The zero-order valence-corrected chi connectivity index (χ0v) is 9.46. The molecule has 15 heavy (non-hydrogen) atoms. The normalized spacial score (nSPS) is 13.1. The standard InChI is InChI=1S/C7H12ClF3O3S/c8-5-3-1-2-4-6-14-15(12,13)7(9,10)11/h1-6H2. The highest BCUT2D eigenvalue weighted by Gasteiger charge is 2.47. The largest absolute Gasteiger partial charge is 0.523 e. The third kappa shape index (κ3) is 6.21. The summed E-state index contributed by atoms with van der Waals surface area (Å²) in [5.41, 5.74) is -5.33. The fraction of sp³-hybridized carbons (Fsp3) is 1.00. The Kier molecular flexibility index (Phi) is 6.54. The van der Waals surface area contributed by atoms with Crippen LogP contribution >= 0.6 is 11.6 Å². The average molecular weight is 269 g/mol. The van der Waals surface area contributed by atoms with Crippen LogP contribution in [0.25, 0.3) is 0 Å². The Morgan fingerprint density at radius 1 is 1.07 bits per heavy atom. The molecule has 0 aliphatic heterocycles. The van der Waals surface area contributed by atoms with Crippen molar-refractivity contribution >= 4 is 21.7 Å². The zero-order valence-electron chi connectivity index (χ0n) is 7.89. The maximum atomic E-state index is 11.7. The van der Waals surface area contributed by atoms with Gasteiger partial charge in [0.2, 0.25) is 0 Å². The van der Waals surface area contributed by atoms with Crippen molar-refractivity contribution in [2.45, 2.75) is 31.2 Å². The van der Waals surface area contributed by atoms with Crippen molar-refractivity contribution in [1.29, 1.82) is 0 Å². The second-order valence-electron chi connectivity index (χ2n) is 2.83. The molecule has 0 aliphatic rings. The summed E-state index contributed by atoms with van der Waals surface area (Å²) in [6, 6.07) is 0. The summed E-state index contributed by atoms with van der Waals surface area (Å²) < 4.78 is 59.7. The summed E-state index contributed by atoms with van der Waals surface area (Å²) in [4.78, 5) is 0. The molecular weight excluding hydrogens is 257 g/mol. The SMILES string of the molecule is O=S(=O)(OCCCCCCCl)C(F)(F)F. The van der Waals surface area contributed by atoms with Crippen molar-refractivity contribution in [2.75, 3.05) is 12.5 Å². The molecule has 0 aromatic carbocycles. The van der Waals surface area contributed by atoms with Gasteiger partial charge in [-0.1, -0.05) is 12.8 Å². The summed E-state index contributed by atoms with van der Waals surface area (Å²) in [6.45, 7) is -0.440. The first-order valence-corrected chi connectivity index (χ1v) is 6.27. The molecule has 0 rings (SSSR count). The van der Waals surface area contributed by atoms with Crippen molar-refractivity contribution in [1.82, 2.24) is 0 Å². The minimum Gasteiger partial charge on any atom is -0.263 e. The molecular formula is C7H12ClF3O3S. The van der Waals surface area contributed by atoms with Gasteiger partial charge in [-0.3, -0.25) is 4.18 Å². The lowest BCUT2D eigenvalue weighted by Crippen LogP contribution is -2.25. The van der Waals surface area contributed by atoms with E-state index in [0.717, 1.165) is 12.8 Å². The highest BCUT2D eigenvalue weighted by molar-refractivity contribution is 7.87. The molecule has 0 heterocycles. The lowest BCUT2D eigenvalue weighted by Gasteiger charge is -2.07. The Hall–Kier alpha value is -0.0100. The molecule has 0 amide bonds. The van der Waals surface area contributed by atoms with E-state index in [1.807, 2.05) is 0 Å². The van der Waals surface area contributed by atoms with Crippen LogP contribution < -0.4 is 0 Å². The molecule has 0 saturated heterocycles. The van der Waals surface area contributed by atoms with Gasteiger partial charge >= 0.3 is 15.6 Å². The molecule has 0 spiro atoms. The summed E-state index contributed by atoms with van der Waals surface area (Å²) in [5.74, 6) is 0.488. The van der Waals surface area contributed by atoms with Gasteiger partial charge in [-0.15, -0.1) is 11.6 Å². The smallest absolute Gasteiger partial charge is 0.263 e.